The maximum Gasteiger partial charge on any atom is 0.0720 e. The number of allylic oxidation sites excluding steroid dienone is 1. The molecule has 0 aliphatic rings. The topological polar surface area (TPSA) is 20.2 Å². The van der Waals surface area contributed by atoms with Gasteiger partial charge in [0.1, 0.15) is 0 Å². The van der Waals surface area contributed by atoms with Gasteiger partial charge in [-0.05, 0) is 12.8 Å². The highest BCUT2D eigenvalue weighted by Crippen LogP contribution is 2.04. The number of rotatable bonds is 6. The molecule has 0 aliphatic carbocycles. The molecule has 0 aromatic heterocycles. The zero-order valence-corrected chi connectivity index (χ0v) is 7.71. The zero-order valence-electron chi connectivity index (χ0n) is 7.71. The predicted molar refractivity (Wildman–Crippen MR) is 49.6 cm³/mol. The zero-order chi connectivity index (χ0) is 8.53. The van der Waals surface area contributed by atoms with Crippen LogP contribution in [0.2, 0.25) is 0 Å². The molecule has 0 aromatic rings. The average Bonchev–Trinajstić information content (AvgIpc) is 2.01. The molecule has 1 heteroatoms. The van der Waals surface area contributed by atoms with Crippen LogP contribution in [0.5, 0.6) is 0 Å². The van der Waals surface area contributed by atoms with Crippen molar-refractivity contribution in [3.8, 4) is 0 Å². The van der Waals surface area contributed by atoms with Crippen molar-refractivity contribution >= 4 is 0 Å². The van der Waals surface area contributed by atoms with Gasteiger partial charge in [-0.2, -0.15) is 0 Å². The van der Waals surface area contributed by atoms with Crippen LogP contribution in [-0.4, -0.2) is 11.2 Å². The van der Waals surface area contributed by atoms with Gasteiger partial charge in [-0.15, -0.1) is 0 Å². The van der Waals surface area contributed by atoms with Crippen LogP contribution in [-0.2, 0) is 0 Å². The quantitative estimate of drug-likeness (QED) is 0.463. The van der Waals surface area contributed by atoms with Crippen molar-refractivity contribution in [1.82, 2.24) is 0 Å². The minimum atomic E-state index is -0.207. The lowest BCUT2D eigenvalue weighted by molar-refractivity contribution is 0.208. The van der Waals surface area contributed by atoms with Crippen molar-refractivity contribution in [3.63, 3.8) is 0 Å². The van der Waals surface area contributed by atoms with E-state index in [9.17, 15) is 5.11 Å². The van der Waals surface area contributed by atoms with Crippen LogP contribution in [0.25, 0.3) is 0 Å². The lowest BCUT2D eigenvalue weighted by atomic mass is 10.1. The fraction of sp³-hybridized carbons (Fsp3) is 0.800. The normalized spacial score (nSPS) is 14.1. The number of hydrogen-bond donors (Lipinski definition) is 1. The van der Waals surface area contributed by atoms with Crippen LogP contribution < -0.4 is 0 Å². The first kappa shape index (κ1) is 10.7. The highest BCUT2D eigenvalue weighted by atomic mass is 16.3. The molecule has 1 N–H and O–H groups in total. The summed E-state index contributed by atoms with van der Waals surface area (Å²) in [6.45, 7) is 4.25. The summed E-state index contributed by atoms with van der Waals surface area (Å²) in [4.78, 5) is 0. The van der Waals surface area contributed by atoms with Crippen molar-refractivity contribution in [2.24, 2.45) is 0 Å². The average molecular weight is 156 g/mol. The molecule has 0 saturated heterocycles. The molecule has 0 aromatic carbocycles. The maximum absolute atomic E-state index is 9.32. The van der Waals surface area contributed by atoms with Crippen LogP contribution in [0, 0.1) is 0 Å². The highest BCUT2D eigenvalue weighted by molar-refractivity contribution is 4.87. The highest BCUT2D eigenvalue weighted by Gasteiger charge is 1.96. The standard InChI is InChI=1S/C10H20O/c1-3-5-7-9-10(11)8-6-4-2/h6,8,10-11H,3-5,7,9H2,1-2H3/b8-6+. The van der Waals surface area contributed by atoms with E-state index in [0.717, 1.165) is 19.3 Å². The summed E-state index contributed by atoms with van der Waals surface area (Å²) in [5, 5.41) is 9.32. The molecule has 0 saturated carbocycles. The number of unbranched alkanes of at least 4 members (excludes halogenated alkanes) is 2. The van der Waals surface area contributed by atoms with E-state index in [1.807, 2.05) is 12.2 Å². The Labute approximate surface area is 70.1 Å². The molecule has 11 heavy (non-hydrogen) atoms. The second-order valence-corrected chi connectivity index (χ2v) is 2.90. The summed E-state index contributed by atoms with van der Waals surface area (Å²) in [7, 11) is 0. The Bertz CT molecular complexity index is 97.0. The predicted octanol–water partition coefficient (Wildman–Crippen LogP) is 2.89. The molecule has 0 amide bonds. The van der Waals surface area contributed by atoms with E-state index in [1.54, 1.807) is 0 Å². The number of hydrogen-bond acceptors (Lipinski definition) is 1. The first-order valence-electron chi connectivity index (χ1n) is 4.66. The van der Waals surface area contributed by atoms with E-state index >= 15 is 0 Å². The Kier molecular flexibility index (Phi) is 7.59. The van der Waals surface area contributed by atoms with Crippen LogP contribution in [0.3, 0.4) is 0 Å². The van der Waals surface area contributed by atoms with Gasteiger partial charge in [0.05, 0.1) is 6.10 Å². The third-order valence-corrected chi connectivity index (χ3v) is 1.70. The summed E-state index contributed by atoms with van der Waals surface area (Å²) in [5.74, 6) is 0. The van der Waals surface area contributed by atoms with Crippen LogP contribution in [0.1, 0.15) is 46.0 Å². The molecule has 0 bridgehead atoms. The van der Waals surface area contributed by atoms with Gasteiger partial charge in [-0.1, -0.05) is 45.3 Å². The lowest BCUT2D eigenvalue weighted by Gasteiger charge is -2.03. The third kappa shape index (κ3) is 7.60. The van der Waals surface area contributed by atoms with E-state index in [-0.39, 0.29) is 6.10 Å². The fourth-order valence-corrected chi connectivity index (χ4v) is 0.993. The molecule has 0 rings (SSSR count). The van der Waals surface area contributed by atoms with Gasteiger partial charge in [-0.25, -0.2) is 0 Å². The van der Waals surface area contributed by atoms with Gasteiger partial charge in [0.2, 0.25) is 0 Å². The van der Waals surface area contributed by atoms with Crippen LogP contribution in [0.4, 0.5) is 0 Å². The molecule has 0 spiro atoms. The first-order chi connectivity index (χ1) is 5.31. The molecular weight excluding hydrogens is 136 g/mol. The van der Waals surface area contributed by atoms with Gasteiger partial charge < -0.3 is 5.11 Å². The summed E-state index contributed by atoms with van der Waals surface area (Å²) >= 11 is 0. The minimum Gasteiger partial charge on any atom is -0.389 e. The number of aliphatic hydroxyl groups excluding tert-OH is 1. The number of aliphatic hydroxyl groups is 1. The van der Waals surface area contributed by atoms with Gasteiger partial charge in [0, 0.05) is 0 Å². The van der Waals surface area contributed by atoms with Gasteiger partial charge in [0.25, 0.3) is 0 Å². The second kappa shape index (κ2) is 7.80. The van der Waals surface area contributed by atoms with Crippen molar-refractivity contribution in [2.75, 3.05) is 0 Å². The fourth-order valence-electron chi connectivity index (χ4n) is 0.993. The Morgan fingerprint density at radius 2 is 2.00 bits per heavy atom. The lowest BCUT2D eigenvalue weighted by Crippen LogP contribution is -2.00. The molecule has 0 heterocycles. The van der Waals surface area contributed by atoms with Crippen molar-refractivity contribution < 1.29 is 5.11 Å². The second-order valence-electron chi connectivity index (χ2n) is 2.90. The molecule has 66 valence electrons. The van der Waals surface area contributed by atoms with E-state index in [1.165, 1.54) is 12.8 Å². The Hall–Kier alpha value is -0.300. The summed E-state index contributed by atoms with van der Waals surface area (Å²) in [6, 6.07) is 0. The van der Waals surface area contributed by atoms with Gasteiger partial charge >= 0.3 is 0 Å². The SMILES string of the molecule is CC/C=C/C(O)CCCCC. The Morgan fingerprint density at radius 1 is 1.27 bits per heavy atom. The molecule has 1 unspecified atom stereocenters. The van der Waals surface area contributed by atoms with Gasteiger partial charge in [0.15, 0.2) is 0 Å². The molecule has 1 nitrogen and oxygen atoms in total. The van der Waals surface area contributed by atoms with E-state index in [0.29, 0.717) is 0 Å². The van der Waals surface area contributed by atoms with Crippen molar-refractivity contribution in [2.45, 2.75) is 52.1 Å². The monoisotopic (exact) mass is 156 g/mol. The minimum absolute atomic E-state index is 0.207. The summed E-state index contributed by atoms with van der Waals surface area (Å²) in [5.41, 5.74) is 0. The molecular formula is C10H20O. The van der Waals surface area contributed by atoms with Gasteiger partial charge in [-0.3, -0.25) is 0 Å². The van der Waals surface area contributed by atoms with Crippen molar-refractivity contribution in [1.29, 1.82) is 0 Å². The molecule has 0 fully saturated rings. The maximum atomic E-state index is 9.32. The van der Waals surface area contributed by atoms with Crippen LogP contribution >= 0.6 is 0 Å². The summed E-state index contributed by atoms with van der Waals surface area (Å²) < 4.78 is 0. The first-order valence-corrected chi connectivity index (χ1v) is 4.66. The smallest absolute Gasteiger partial charge is 0.0720 e. The molecule has 0 radical (unpaired) electrons. The van der Waals surface area contributed by atoms with E-state index < -0.39 is 0 Å². The molecule has 0 aliphatic heterocycles. The largest absolute Gasteiger partial charge is 0.389 e. The Morgan fingerprint density at radius 3 is 2.55 bits per heavy atom. The van der Waals surface area contributed by atoms with Crippen LogP contribution in [0.15, 0.2) is 12.2 Å². The summed E-state index contributed by atoms with van der Waals surface area (Å²) in [6.07, 6.45) is 9.26. The Balaban J connectivity index is 3.21. The third-order valence-electron chi connectivity index (χ3n) is 1.70. The van der Waals surface area contributed by atoms with Crippen molar-refractivity contribution in [3.05, 3.63) is 12.2 Å². The van der Waals surface area contributed by atoms with E-state index in [2.05, 4.69) is 13.8 Å². The van der Waals surface area contributed by atoms with E-state index in [4.69, 9.17) is 0 Å². The molecule has 1 atom stereocenters.